The molecule has 0 heterocycles. The molecule has 7 heteroatoms. The number of aromatic hydroxyl groups is 1. The van der Waals surface area contributed by atoms with Gasteiger partial charge in [-0.3, -0.25) is 4.79 Å². The van der Waals surface area contributed by atoms with E-state index in [1.54, 1.807) is 6.92 Å². The second-order valence-electron chi connectivity index (χ2n) is 4.00. The highest BCUT2D eigenvalue weighted by molar-refractivity contribution is 5.96. The lowest BCUT2D eigenvalue weighted by molar-refractivity contribution is -0.140. The first kappa shape index (κ1) is 15.3. The zero-order chi connectivity index (χ0) is 14.6. The van der Waals surface area contributed by atoms with Crippen LogP contribution >= 0.6 is 0 Å². The van der Waals surface area contributed by atoms with Gasteiger partial charge in [0, 0.05) is 12.6 Å². The van der Waals surface area contributed by atoms with Gasteiger partial charge in [-0.2, -0.15) is 13.2 Å². The van der Waals surface area contributed by atoms with Crippen molar-refractivity contribution in [3.8, 4) is 5.75 Å². The standard InChI is InChI=1S/C12H13F4NO2/c1-2-5-17(7-12(14,15)16)11(19)9-4-3-8(13)6-10(9)18/h3-4,6,18H,2,5,7H2,1H3. The quantitative estimate of drug-likeness (QED) is 0.861. The molecular weight excluding hydrogens is 266 g/mol. The van der Waals surface area contributed by atoms with Crippen LogP contribution in [0.25, 0.3) is 0 Å². The van der Waals surface area contributed by atoms with Gasteiger partial charge in [0.25, 0.3) is 5.91 Å². The molecule has 0 radical (unpaired) electrons. The van der Waals surface area contributed by atoms with Crippen LogP contribution in [0.2, 0.25) is 0 Å². The molecule has 0 aromatic heterocycles. The van der Waals surface area contributed by atoms with Gasteiger partial charge in [0.2, 0.25) is 0 Å². The van der Waals surface area contributed by atoms with Crippen LogP contribution in [0, 0.1) is 5.82 Å². The Bertz CT molecular complexity index is 460. The molecule has 1 amide bonds. The summed E-state index contributed by atoms with van der Waals surface area (Å²) in [7, 11) is 0. The van der Waals surface area contributed by atoms with E-state index in [9.17, 15) is 27.5 Å². The van der Waals surface area contributed by atoms with Crippen molar-refractivity contribution >= 4 is 5.91 Å². The van der Waals surface area contributed by atoms with Crippen molar-refractivity contribution in [2.24, 2.45) is 0 Å². The first-order chi connectivity index (χ1) is 8.74. The molecule has 0 aliphatic rings. The van der Waals surface area contributed by atoms with Gasteiger partial charge < -0.3 is 10.0 Å². The van der Waals surface area contributed by atoms with Gasteiger partial charge in [-0.05, 0) is 18.6 Å². The van der Waals surface area contributed by atoms with Crippen LogP contribution < -0.4 is 0 Å². The summed E-state index contributed by atoms with van der Waals surface area (Å²) >= 11 is 0. The van der Waals surface area contributed by atoms with Crippen LogP contribution in [0.3, 0.4) is 0 Å². The van der Waals surface area contributed by atoms with Gasteiger partial charge in [-0.1, -0.05) is 6.92 Å². The number of halogens is 4. The third kappa shape index (κ3) is 4.42. The molecule has 0 bridgehead atoms. The normalized spacial score (nSPS) is 11.4. The van der Waals surface area contributed by atoms with E-state index in [2.05, 4.69) is 0 Å². The van der Waals surface area contributed by atoms with Crippen LogP contribution in [-0.4, -0.2) is 35.2 Å². The lowest BCUT2D eigenvalue weighted by atomic mass is 10.1. The molecule has 1 aromatic carbocycles. The molecule has 0 spiro atoms. The number of hydrogen-bond donors (Lipinski definition) is 1. The molecular formula is C12H13F4NO2. The van der Waals surface area contributed by atoms with E-state index in [4.69, 9.17) is 0 Å². The van der Waals surface area contributed by atoms with Crippen LogP contribution in [0.1, 0.15) is 23.7 Å². The number of phenolic OH excluding ortho intramolecular Hbond substituents is 1. The number of rotatable bonds is 4. The fourth-order valence-electron chi connectivity index (χ4n) is 1.59. The highest BCUT2D eigenvalue weighted by Crippen LogP contribution is 2.23. The molecule has 0 aliphatic heterocycles. The maximum absolute atomic E-state index is 12.8. The van der Waals surface area contributed by atoms with E-state index in [1.807, 2.05) is 0 Å². The number of nitrogens with zero attached hydrogens (tertiary/aromatic N) is 1. The lowest BCUT2D eigenvalue weighted by Crippen LogP contribution is -2.39. The Labute approximate surface area is 107 Å². The van der Waals surface area contributed by atoms with Crippen molar-refractivity contribution in [2.45, 2.75) is 19.5 Å². The summed E-state index contributed by atoms with van der Waals surface area (Å²) in [5.41, 5.74) is -0.348. The Morgan fingerprint density at radius 3 is 2.47 bits per heavy atom. The molecule has 106 valence electrons. The van der Waals surface area contributed by atoms with E-state index in [1.165, 1.54) is 0 Å². The monoisotopic (exact) mass is 279 g/mol. The smallest absolute Gasteiger partial charge is 0.406 e. The molecule has 0 saturated heterocycles. The maximum atomic E-state index is 12.8. The predicted octanol–water partition coefficient (Wildman–Crippen LogP) is 2.95. The van der Waals surface area contributed by atoms with Crippen molar-refractivity contribution in [1.82, 2.24) is 4.90 Å². The molecule has 0 aliphatic carbocycles. The van der Waals surface area contributed by atoms with Gasteiger partial charge in [-0.15, -0.1) is 0 Å². The molecule has 0 atom stereocenters. The van der Waals surface area contributed by atoms with E-state index in [-0.39, 0.29) is 12.1 Å². The molecule has 19 heavy (non-hydrogen) atoms. The Balaban J connectivity index is 2.99. The van der Waals surface area contributed by atoms with Gasteiger partial charge in [0.05, 0.1) is 5.56 Å². The second-order valence-corrected chi connectivity index (χ2v) is 4.00. The minimum absolute atomic E-state index is 0.102. The van der Waals surface area contributed by atoms with Crippen LogP contribution in [0.4, 0.5) is 17.6 Å². The number of benzene rings is 1. The molecule has 3 nitrogen and oxygen atoms in total. The van der Waals surface area contributed by atoms with Crippen molar-refractivity contribution in [2.75, 3.05) is 13.1 Å². The summed E-state index contributed by atoms with van der Waals surface area (Å²) in [6.07, 6.45) is -4.19. The molecule has 0 unspecified atom stereocenters. The summed E-state index contributed by atoms with van der Waals surface area (Å²) in [6.45, 7) is 0.118. The zero-order valence-electron chi connectivity index (χ0n) is 10.2. The first-order valence-corrected chi connectivity index (χ1v) is 5.59. The highest BCUT2D eigenvalue weighted by Gasteiger charge is 2.33. The third-order valence-electron chi connectivity index (χ3n) is 2.34. The number of phenols is 1. The van der Waals surface area contributed by atoms with E-state index < -0.39 is 30.2 Å². The fourth-order valence-corrected chi connectivity index (χ4v) is 1.59. The van der Waals surface area contributed by atoms with E-state index in [0.29, 0.717) is 17.4 Å². The number of alkyl halides is 3. The summed E-state index contributed by atoms with van der Waals surface area (Å²) in [5, 5.41) is 9.41. The maximum Gasteiger partial charge on any atom is 0.406 e. The number of carbonyl (C=O) groups is 1. The SMILES string of the molecule is CCCN(CC(F)(F)F)C(=O)c1ccc(F)cc1O. The summed E-state index contributed by atoms with van der Waals surface area (Å²) in [4.78, 5) is 12.5. The summed E-state index contributed by atoms with van der Waals surface area (Å²) in [5.74, 6) is -2.42. The lowest BCUT2D eigenvalue weighted by Gasteiger charge is -2.23. The van der Waals surface area contributed by atoms with Gasteiger partial charge in [0.1, 0.15) is 18.1 Å². The summed E-state index contributed by atoms with van der Waals surface area (Å²) < 4.78 is 49.8. The Morgan fingerprint density at radius 1 is 1.37 bits per heavy atom. The molecule has 1 N–H and O–H groups in total. The van der Waals surface area contributed by atoms with Gasteiger partial charge >= 0.3 is 6.18 Å². The number of hydrogen-bond acceptors (Lipinski definition) is 2. The van der Waals surface area contributed by atoms with Crippen LogP contribution in [0.5, 0.6) is 5.75 Å². The largest absolute Gasteiger partial charge is 0.507 e. The Kier molecular flexibility index (Phi) is 4.74. The fraction of sp³-hybridized carbons (Fsp3) is 0.417. The molecule has 0 saturated carbocycles. The van der Waals surface area contributed by atoms with Crippen molar-refractivity contribution < 1.29 is 27.5 Å². The number of carbonyl (C=O) groups excluding carboxylic acids is 1. The Morgan fingerprint density at radius 2 is 2.00 bits per heavy atom. The first-order valence-electron chi connectivity index (χ1n) is 5.59. The number of amides is 1. The van der Waals surface area contributed by atoms with Crippen LogP contribution in [0.15, 0.2) is 18.2 Å². The second kappa shape index (κ2) is 5.90. The third-order valence-corrected chi connectivity index (χ3v) is 2.34. The van der Waals surface area contributed by atoms with Gasteiger partial charge in [-0.25, -0.2) is 4.39 Å². The van der Waals surface area contributed by atoms with Crippen LogP contribution in [-0.2, 0) is 0 Å². The topological polar surface area (TPSA) is 40.5 Å². The average Bonchev–Trinajstić information content (AvgIpc) is 2.26. The minimum Gasteiger partial charge on any atom is -0.507 e. The minimum atomic E-state index is -4.53. The average molecular weight is 279 g/mol. The van der Waals surface area contributed by atoms with Gasteiger partial charge in [0.15, 0.2) is 0 Å². The van der Waals surface area contributed by atoms with E-state index in [0.717, 1.165) is 12.1 Å². The zero-order valence-corrected chi connectivity index (χ0v) is 10.2. The van der Waals surface area contributed by atoms with Crippen molar-refractivity contribution in [1.29, 1.82) is 0 Å². The molecule has 0 fully saturated rings. The highest BCUT2D eigenvalue weighted by atomic mass is 19.4. The summed E-state index contributed by atoms with van der Waals surface area (Å²) in [6, 6.07) is 2.56. The van der Waals surface area contributed by atoms with Crippen molar-refractivity contribution in [3.63, 3.8) is 0 Å². The van der Waals surface area contributed by atoms with Crippen molar-refractivity contribution in [3.05, 3.63) is 29.6 Å². The molecule has 1 aromatic rings. The van der Waals surface area contributed by atoms with E-state index >= 15 is 0 Å². The predicted molar refractivity (Wildman–Crippen MR) is 60.3 cm³/mol. The molecule has 1 rings (SSSR count). The Hall–Kier alpha value is -1.79.